The van der Waals surface area contributed by atoms with Crippen molar-refractivity contribution in [3.8, 4) is 11.1 Å². The number of likely N-dealkylation sites (tertiary alicyclic amines) is 1. The van der Waals surface area contributed by atoms with E-state index in [-0.39, 0.29) is 31.9 Å². The summed E-state index contributed by atoms with van der Waals surface area (Å²) in [5.41, 5.74) is -1.50. The number of nitrogens with one attached hydrogen (secondary N) is 1. The Hall–Kier alpha value is -3.56. The molecular formula is C25H25F3N2O5. The lowest BCUT2D eigenvalue weighted by Gasteiger charge is -2.39. The fourth-order valence-electron chi connectivity index (χ4n) is 4.87. The number of rotatable bonds is 5. The molecule has 2 N–H and O–H groups in total. The molecule has 0 bridgehead atoms. The lowest BCUT2D eigenvalue weighted by molar-refractivity contribution is -0.203. The minimum Gasteiger partial charge on any atom is -0.480 e. The number of halogens is 3. The van der Waals surface area contributed by atoms with Crippen LogP contribution in [-0.4, -0.2) is 58.4 Å². The smallest absolute Gasteiger partial charge is 0.420 e. The summed E-state index contributed by atoms with van der Waals surface area (Å²) in [5, 5.41) is 11.2. The second-order valence-electron chi connectivity index (χ2n) is 9.21. The molecule has 2 atom stereocenters. The van der Waals surface area contributed by atoms with Crippen LogP contribution in [0.3, 0.4) is 0 Å². The van der Waals surface area contributed by atoms with E-state index in [0.29, 0.717) is 11.8 Å². The largest absolute Gasteiger partial charge is 0.480 e. The number of hydrogen-bond donors (Lipinski definition) is 2. The number of alkyl halides is 3. The number of hydrogen-bond acceptors (Lipinski definition) is 4. The number of carboxylic acid groups (broad SMARTS) is 1. The number of ether oxygens (including phenoxy) is 1. The quantitative estimate of drug-likeness (QED) is 0.651. The number of carboxylic acids is 1. The van der Waals surface area contributed by atoms with E-state index in [4.69, 9.17) is 4.74 Å². The van der Waals surface area contributed by atoms with Crippen LogP contribution in [0, 0.1) is 0 Å². The summed E-state index contributed by atoms with van der Waals surface area (Å²) in [7, 11) is 0. The van der Waals surface area contributed by atoms with E-state index >= 15 is 0 Å². The average molecular weight is 490 g/mol. The molecule has 0 saturated carbocycles. The van der Waals surface area contributed by atoms with Crippen molar-refractivity contribution in [1.29, 1.82) is 0 Å². The van der Waals surface area contributed by atoms with Gasteiger partial charge in [0, 0.05) is 12.5 Å². The van der Waals surface area contributed by atoms with Crippen LogP contribution in [0.25, 0.3) is 11.1 Å². The molecule has 2 aliphatic rings. The Bertz CT molecular complexity index is 1140. The van der Waals surface area contributed by atoms with Crippen LogP contribution in [-0.2, 0) is 14.3 Å². The molecule has 10 heteroatoms. The van der Waals surface area contributed by atoms with Gasteiger partial charge in [0.15, 0.2) is 0 Å². The van der Waals surface area contributed by atoms with Gasteiger partial charge in [0.2, 0.25) is 5.54 Å². The highest BCUT2D eigenvalue weighted by Crippen LogP contribution is 2.44. The van der Waals surface area contributed by atoms with Crippen molar-refractivity contribution in [2.75, 3.05) is 13.2 Å². The predicted molar refractivity (Wildman–Crippen MR) is 120 cm³/mol. The summed E-state index contributed by atoms with van der Waals surface area (Å²) in [6, 6.07) is 15.0. The first-order valence-corrected chi connectivity index (χ1v) is 11.2. The van der Waals surface area contributed by atoms with Crippen molar-refractivity contribution >= 4 is 18.0 Å². The molecule has 7 nitrogen and oxygen atoms in total. The molecule has 4 rings (SSSR count). The summed E-state index contributed by atoms with van der Waals surface area (Å²) < 4.78 is 47.5. The summed E-state index contributed by atoms with van der Waals surface area (Å²) in [6.45, 7) is 1.32. The summed E-state index contributed by atoms with van der Waals surface area (Å²) in [5.74, 6) is -3.33. The van der Waals surface area contributed by atoms with Gasteiger partial charge in [-0.2, -0.15) is 13.2 Å². The molecule has 1 aliphatic carbocycles. The second-order valence-corrected chi connectivity index (χ2v) is 9.21. The van der Waals surface area contributed by atoms with Crippen LogP contribution in [0.4, 0.5) is 18.0 Å². The van der Waals surface area contributed by atoms with Crippen molar-refractivity contribution < 1.29 is 37.4 Å². The maximum Gasteiger partial charge on any atom is 0.420 e. The van der Waals surface area contributed by atoms with Crippen LogP contribution in [0.1, 0.15) is 43.7 Å². The van der Waals surface area contributed by atoms with Gasteiger partial charge in [-0.05, 0) is 48.9 Å². The van der Waals surface area contributed by atoms with Gasteiger partial charge in [-0.3, -0.25) is 10.1 Å². The molecule has 0 spiro atoms. The van der Waals surface area contributed by atoms with Crippen LogP contribution in [0.5, 0.6) is 0 Å². The van der Waals surface area contributed by atoms with Crippen molar-refractivity contribution in [2.24, 2.45) is 0 Å². The van der Waals surface area contributed by atoms with Gasteiger partial charge >= 0.3 is 18.2 Å². The topological polar surface area (TPSA) is 95.9 Å². The Morgan fingerprint density at radius 3 is 2.14 bits per heavy atom. The van der Waals surface area contributed by atoms with E-state index in [1.165, 1.54) is 6.92 Å². The molecule has 1 fully saturated rings. The number of aliphatic carboxylic acids is 1. The lowest BCUT2D eigenvalue weighted by Crippen LogP contribution is -2.68. The van der Waals surface area contributed by atoms with Gasteiger partial charge in [0.25, 0.3) is 5.91 Å². The van der Waals surface area contributed by atoms with Crippen LogP contribution < -0.4 is 5.32 Å². The SMILES string of the molecule is CC(NC(=O)OCC1c2ccccc2-c2ccccc21)(C(=O)N1CCC[C@@]1(C)C(=O)O)C(F)(F)F. The monoisotopic (exact) mass is 490 g/mol. The van der Waals surface area contributed by atoms with E-state index in [1.54, 1.807) is 5.32 Å². The fourth-order valence-corrected chi connectivity index (χ4v) is 4.87. The van der Waals surface area contributed by atoms with E-state index in [0.717, 1.165) is 22.3 Å². The van der Waals surface area contributed by atoms with Crippen molar-refractivity contribution in [1.82, 2.24) is 10.2 Å². The Morgan fingerprint density at radius 2 is 1.63 bits per heavy atom. The minimum absolute atomic E-state index is 0.00690. The van der Waals surface area contributed by atoms with Crippen LogP contribution in [0.2, 0.25) is 0 Å². The van der Waals surface area contributed by atoms with Crippen molar-refractivity contribution in [3.63, 3.8) is 0 Å². The first-order valence-electron chi connectivity index (χ1n) is 11.2. The van der Waals surface area contributed by atoms with E-state index in [2.05, 4.69) is 0 Å². The van der Waals surface area contributed by atoms with Crippen molar-refractivity contribution in [2.45, 2.75) is 49.9 Å². The standard InChI is InChI=1S/C25H25F3N2O5/c1-23(21(32)33)12-7-13-30(23)20(31)24(2,25(26,27)28)29-22(34)35-14-19-17-10-5-3-8-15(17)16-9-4-6-11-18(16)19/h3-6,8-11,19H,7,12-14H2,1-2H3,(H,29,34)(H,32,33)/t23-,24?/m0/s1. The molecule has 2 aromatic carbocycles. The predicted octanol–water partition coefficient (Wildman–Crippen LogP) is 4.31. The zero-order valence-electron chi connectivity index (χ0n) is 19.2. The molecule has 1 aliphatic heterocycles. The van der Waals surface area contributed by atoms with E-state index in [9.17, 15) is 32.7 Å². The molecule has 0 radical (unpaired) electrons. The third-order valence-electron chi connectivity index (χ3n) is 7.04. The summed E-state index contributed by atoms with van der Waals surface area (Å²) in [4.78, 5) is 38.0. The highest BCUT2D eigenvalue weighted by Gasteiger charge is 2.62. The maximum absolute atomic E-state index is 14.1. The molecule has 2 aromatic rings. The first kappa shape index (κ1) is 24.6. The normalized spacial score (nSPS) is 21.1. The van der Waals surface area contributed by atoms with E-state index < -0.39 is 35.2 Å². The van der Waals surface area contributed by atoms with Gasteiger partial charge in [0.05, 0.1) is 0 Å². The molecule has 1 saturated heterocycles. The third kappa shape index (κ3) is 4.00. The lowest BCUT2D eigenvalue weighted by atomic mass is 9.94. The van der Waals surface area contributed by atoms with Gasteiger partial charge in [-0.1, -0.05) is 48.5 Å². The Labute approximate surface area is 199 Å². The van der Waals surface area contributed by atoms with E-state index in [1.807, 2.05) is 48.5 Å². The number of fused-ring (bicyclic) bond motifs is 3. The number of amides is 2. The highest BCUT2D eigenvalue weighted by atomic mass is 19.4. The molecule has 186 valence electrons. The van der Waals surface area contributed by atoms with Gasteiger partial charge in [-0.15, -0.1) is 0 Å². The molecular weight excluding hydrogens is 465 g/mol. The third-order valence-corrected chi connectivity index (χ3v) is 7.04. The number of benzene rings is 2. The van der Waals surface area contributed by atoms with Crippen LogP contribution in [0.15, 0.2) is 48.5 Å². The van der Waals surface area contributed by atoms with Crippen LogP contribution >= 0.6 is 0 Å². The number of alkyl carbamates (subject to hydrolysis) is 1. The number of carbonyl (C=O) groups is 3. The van der Waals surface area contributed by atoms with Gasteiger partial charge < -0.3 is 14.7 Å². The zero-order chi connectivity index (χ0) is 25.6. The van der Waals surface area contributed by atoms with Gasteiger partial charge in [0.1, 0.15) is 12.1 Å². The molecule has 1 heterocycles. The fraction of sp³-hybridized carbons (Fsp3) is 0.400. The van der Waals surface area contributed by atoms with Gasteiger partial charge in [-0.25, -0.2) is 9.59 Å². The minimum atomic E-state index is -5.20. The molecule has 0 aromatic heterocycles. The average Bonchev–Trinajstić information content (AvgIpc) is 3.35. The summed E-state index contributed by atoms with van der Waals surface area (Å²) in [6.07, 6.45) is -6.38. The van der Waals surface area contributed by atoms with Crippen molar-refractivity contribution in [3.05, 3.63) is 59.7 Å². The molecule has 35 heavy (non-hydrogen) atoms. The Morgan fingerprint density at radius 1 is 1.09 bits per heavy atom. The highest BCUT2D eigenvalue weighted by molar-refractivity contribution is 5.95. The first-order chi connectivity index (χ1) is 16.4. The Balaban J connectivity index is 1.54. The molecule has 2 amide bonds. The number of nitrogens with zero attached hydrogens (tertiary/aromatic N) is 1. The second kappa shape index (κ2) is 8.58. The maximum atomic E-state index is 14.1. The number of carbonyl (C=O) groups excluding carboxylic acids is 2. The molecule has 1 unspecified atom stereocenters. The Kier molecular flexibility index (Phi) is 6.02. The zero-order valence-corrected chi connectivity index (χ0v) is 19.2. The summed E-state index contributed by atoms with van der Waals surface area (Å²) >= 11 is 0.